The van der Waals surface area contributed by atoms with Crippen LogP contribution in [0.5, 0.6) is 11.5 Å². The highest BCUT2D eigenvalue weighted by Crippen LogP contribution is 2.44. The van der Waals surface area contributed by atoms with Gasteiger partial charge in [-0.15, -0.1) is 0 Å². The van der Waals surface area contributed by atoms with Crippen LogP contribution >= 0.6 is 0 Å². The van der Waals surface area contributed by atoms with Crippen LogP contribution in [0.15, 0.2) is 66.9 Å². The summed E-state index contributed by atoms with van der Waals surface area (Å²) in [4.78, 5) is 33.5. The van der Waals surface area contributed by atoms with Crippen molar-refractivity contribution in [3.05, 3.63) is 78.1 Å². The Morgan fingerprint density at radius 1 is 1.02 bits per heavy atom. The zero-order chi connectivity index (χ0) is 28.6. The lowest BCUT2D eigenvalue weighted by Crippen LogP contribution is -2.59. The van der Waals surface area contributed by atoms with Crippen molar-refractivity contribution in [2.75, 3.05) is 36.1 Å². The van der Waals surface area contributed by atoms with Gasteiger partial charge in [-0.25, -0.2) is 4.90 Å². The highest BCUT2D eigenvalue weighted by atomic mass is 16.7. The van der Waals surface area contributed by atoms with Crippen LogP contribution in [0.3, 0.4) is 0 Å². The molecule has 6 rings (SSSR count). The van der Waals surface area contributed by atoms with Crippen molar-refractivity contribution in [3.8, 4) is 11.5 Å². The second-order valence-corrected chi connectivity index (χ2v) is 10.9. The number of aliphatic hydroxyl groups is 3. The molecule has 1 aromatic heterocycles. The molecule has 1 unspecified atom stereocenters. The van der Waals surface area contributed by atoms with Gasteiger partial charge in [-0.2, -0.15) is 0 Å². The number of pyridine rings is 1. The van der Waals surface area contributed by atoms with Crippen LogP contribution in [0.2, 0.25) is 0 Å². The van der Waals surface area contributed by atoms with Gasteiger partial charge in [0.25, 0.3) is 11.8 Å². The molecule has 11 heteroatoms. The summed E-state index contributed by atoms with van der Waals surface area (Å²) >= 11 is 0. The number of hydrogen-bond donors (Lipinski definition) is 4. The summed E-state index contributed by atoms with van der Waals surface area (Å²) in [5.74, 6) is -0.528. The lowest BCUT2D eigenvalue weighted by Gasteiger charge is -2.53. The molecule has 1 atom stereocenters. The highest BCUT2D eigenvalue weighted by molar-refractivity contribution is 6.03. The monoisotopic (exact) mass is 560 g/mol. The van der Waals surface area contributed by atoms with E-state index in [2.05, 4.69) is 15.2 Å². The number of nitrogens with zero attached hydrogens (tertiary/aromatic N) is 3. The van der Waals surface area contributed by atoms with Gasteiger partial charge < -0.3 is 35.0 Å². The summed E-state index contributed by atoms with van der Waals surface area (Å²) < 4.78 is 11.3. The number of hydrogen-bond acceptors (Lipinski definition) is 9. The molecule has 1 spiro atoms. The quantitative estimate of drug-likeness (QED) is 0.333. The number of rotatable bonds is 6. The Labute approximate surface area is 236 Å². The van der Waals surface area contributed by atoms with E-state index < -0.39 is 24.0 Å². The van der Waals surface area contributed by atoms with Crippen LogP contribution in [-0.4, -0.2) is 70.6 Å². The van der Waals surface area contributed by atoms with Crippen molar-refractivity contribution in [1.82, 2.24) is 10.3 Å². The number of ether oxygens (including phenoxy) is 2. The zero-order valence-corrected chi connectivity index (χ0v) is 22.4. The van der Waals surface area contributed by atoms with Gasteiger partial charge in [-0.1, -0.05) is 24.3 Å². The Balaban J connectivity index is 1.20. The topological polar surface area (TPSA) is 145 Å². The molecule has 0 aliphatic carbocycles. The molecule has 41 heavy (non-hydrogen) atoms. The molecular formula is C30H32N4O7. The number of benzene rings is 2. The van der Waals surface area contributed by atoms with E-state index in [0.717, 1.165) is 44.8 Å². The molecule has 4 heterocycles. The average Bonchev–Trinajstić information content (AvgIpc) is 3.08. The van der Waals surface area contributed by atoms with Gasteiger partial charge in [0.15, 0.2) is 0 Å². The van der Waals surface area contributed by atoms with Gasteiger partial charge >= 0.3 is 6.10 Å². The minimum atomic E-state index is -3.48. The summed E-state index contributed by atoms with van der Waals surface area (Å²) in [7, 11) is 0. The second-order valence-electron chi connectivity index (χ2n) is 10.9. The maximum atomic E-state index is 13.6. The summed E-state index contributed by atoms with van der Waals surface area (Å²) in [6.07, 6.45) is 0.455. The van der Waals surface area contributed by atoms with Crippen LogP contribution in [0.1, 0.15) is 35.3 Å². The first-order chi connectivity index (χ1) is 19.7. The van der Waals surface area contributed by atoms with Gasteiger partial charge in [-0.05, 0) is 61.6 Å². The maximum absolute atomic E-state index is 13.6. The van der Waals surface area contributed by atoms with E-state index in [0.29, 0.717) is 28.4 Å². The Morgan fingerprint density at radius 2 is 1.78 bits per heavy atom. The number of para-hydroxylation sites is 1. The van der Waals surface area contributed by atoms with Gasteiger partial charge in [0, 0.05) is 49.7 Å². The molecular weight excluding hydrogens is 528 g/mol. The van der Waals surface area contributed by atoms with E-state index in [1.54, 1.807) is 24.3 Å². The van der Waals surface area contributed by atoms with Crippen molar-refractivity contribution in [3.63, 3.8) is 0 Å². The van der Waals surface area contributed by atoms with Crippen molar-refractivity contribution in [2.24, 2.45) is 5.41 Å². The Kier molecular flexibility index (Phi) is 7.12. The highest BCUT2D eigenvalue weighted by Gasteiger charge is 2.46. The standard InChI is InChI=1S/C30H32N4O7/c35-27(25-17-23(10-13-31-25)41-22-4-2-1-3-5-22)32-24-9-7-20-6-8-21(16-26(20)34(28(24)36)30(37,38)39)33-18-29(19-33)11-14-40-15-12-29/h1-6,8,10,13,16-17,24,37-39H,7,9,11-12,14-15,18-19H2,(H,32,35). The largest absolute Gasteiger partial charge is 0.457 e. The Morgan fingerprint density at radius 3 is 2.51 bits per heavy atom. The first kappa shape index (κ1) is 27.2. The van der Waals surface area contributed by atoms with Crippen LogP contribution in [0, 0.1) is 5.41 Å². The van der Waals surface area contributed by atoms with E-state index in [1.165, 1.54) is 12.3 Å². The summed E-state index contributed by atoms with van der Waals surface area (Å²) in [6, 6.07) is 16.4. The normalized spacial score (nSPS) is 20.2. The number of fused-ring (bicyclic) bond motifs is 1. The maximum Gasteiger partial charge on any atom is 0.376 e. The number of aryl methyl sites for hydroxylation is 1. The van der Waals surface area contributed by atoms with Crippen LogP contribution in [0.25, 0.3) is 0 Å². The summed E-state index contributed by atoms with van der Waals surface area (Å²) in [5, 5.41) is 33.5. The van der Waals surface area contributed by atoms with Crippen LogP contribution in [-0.2, 0) is 16.0 Å². The SMILES string of the molecule is O=C(NC1CCc2ccc(N3CC4(CCOCC4)C3)cc2N(C(O)(O)O)C1=O)c1cc(Oc2ccccc2)ccn1. The first-order valence-electron chi connectivity index (χ1n) is 13.7. The third-order valence-electron chi connectivity index (χ3n) is 8.05. The molecule has 0 radical (unpaired) electrons. The molecule has 2 amide bonds. The molecule has 2 fully saturated rings. The Hall–Kier alpha value is -4.03. The molecule has 3 aliphatic rings. The molecule has 0 saturated carbocycles. The van der Waals surface area contributed by atoms with E-state index in [4.69, 9.17) is 9.47 Å². The van der Waals surface area contributed by atoms with Gasteiger partial charge in [0.05, 0.1) is 5.69 Å². The zero-order valence-electron chi connectivity index (χ0n) is 22.4. The molecule has 214 valence electrons. The van der Waals surface area contributed by atoms with Crippen molar-refractivity contribution < 1.29 is 34.4 Å². The van der Waals surface area contributed by atoms with Crippen LogP contribution < -0.4 is 19.9 Å². The number of carbonyl (C=O) groups excluding carboxylic acids is 2. The van der Waals surface area contributed by atoms with Gasteiger partial charge in [-0.3, -0.25) is 14.6 Å². The molecule has 4 N–H and O–H groups in total. The lowest BCUT2D eigenvalue weighted by molar-refractivity contribution is -0.306. The minimum Gasteiger partial charge on any atom is -0.457 e. The van der Waals surface area contributed by atoms with Gasteiger partial charge in [0.1, 0.15) is 23.2 Å². The minimum absolute atomic E-state index is 0.0184. The first-order valence-corrected chi connectivity index (χ1v) is 13.7. The molecule has 2 saturated heterocycles. The molecule has 2 aromatic carbocycles. The fourth-order valence-corrected chi connectivity index (χ4v) is 5.83. The second kappa shape index (κ2) is 10.7. The number of nitrogens with one attached hydrogen (secondary N) is 1. The predicted octanol–water partition coefficient (Wildman–Crippen LogP) is 2.16. The third-order valence-corrected chi connectivity index (χ3v) is 8.05. The molecule has 0 bridgehead atoms. The van der Waals surface area contributed by atoms with E-state index >= 15 is 0 Å². The van der Waals surface area contributed by atoms with E-state index in [9.17, 15) is 24.9 Å². The van der Waals surface area contributed by atoms with Gasteiger partial charge in [0.2, 0.25) is 0 Å². The fraction of sp³-hybridized carbons (Fsp3) is 0.367. The van der Waals surface area contributed by atoms with Crippen molar-refractivity contribution in [1.29, 1.82) is 0 Å². The number of amides is 2. The molecule has 11 nitrogen and oxygen atoms in total. The molecule has 3 aromatic rings. The average molecular weight is 561 g/mol. The summed E-state index contributed by atoms with van der Waals surface area (Å²) in [6.45, 7) is 3.17. The smallest absolute Gasteiger partial charge is 0.376 e. The number of carbonyl (C=O) groups is 2. The van der Waals surface area contributed by atoms with E-state index in [-0.39, 0.29) is 23.2 Å². The van der Waals surface area contributed by atoms with Crippen molar-refractivity contribution in [2.45, 2.75) is 37.8 Å². The molecule has 3 aliphatic heterocycles. The summed E-state index contributed by atoms with van der Waals surface area (Å²) in [5.41, 5.74) is 1.86. The predicted molar refractivity (Wildman–Crippen MR) is 148 cm³/mol. The van der Waals surface area contributed by atoms with Crippen LogP contribution in [0.4, 0.5) is 11.4 Å². The fourth-order valence-electron chi connectivity index (χ4n) is 5.83. The number of anilines is 2. The van der Waals surface area contributed by atoms with Crippen molar-refractivity contribution >= 4 is 23.2 Å². The third kappa shape index (κ3) is 5.62. The van der Waals surface area contributed by atoms with E-state index in [1.807, 2.05) is 30.3 Å². The number of aromatic nitrogens is 1. The Bertz CT molecular complexity index is 1430. The lowest BCUT2D eigenvalue weighted by atomic mass is 9.73.